The number of benzene rings is 1. The van der Waals surface area contributed by atoms with E-state index in [1.165, 1.54) is 0 Å². The zero-order valence-corrected chi connectivity index (χ0v) is 18.0. The smallest absolute Gasteiger partial charge is 0.0737 e. The highest BCUT2D eigenvalue weighted by molar-refractivity contribution is 9.10. The number of fused-ring (bicyclic) bond motifs is 8. The predicted octanol–water partition coefficient (Wildman–Crippen LogP) is 6.84. The molecule has 3 aromatic heterocycles. The van der Waals surface area contributed by atoms with Crippen molar-refractivity contribution in [2.45, 2.75) is 0 Å². The molecule has 148 valence electrons. The lowest BCUT2D eigenvalue weighted by Gasteiger charge is -2.02. The molecule has 5 heteroatoms. The monoisotopic (exact) mass is 464 g/mol. The van der Waals surface area contributed by atoms with Gasteiger partial charge in [-0.1, -0.05) is 28.1 Å². The Morgan fingerprint density at radius 3 is 1.97 bits per heavy atom. The van der Waals surface area contributed by atoms with E-state index in [4.69, 9.17) is 9.97 Å². The molecule has 4 aromatic rings. The summed E-state index contributed by atoms with van der Waals surface area (Å²) in [5.41, 5.74) is 9.90. The summed E-state index contributed by atoms with van der Waals surface area (Å²) in [6.07, 6.45) is 6.18. The zero-order chi connectivity index (χ0) is 20.8. The molecule has 5 heterocycles. The number of halogens is 1. The molecule has 2 aliphatic rings. The summed E-state index contributed by atoms with van der Waals surface area (Å²) in [5, 5.41) is 0. The molecule has 0 saturated carbocycles. The van der Waals surface area contributed by atoms with Gasteiger partial charge in [0.15, 0.2) is 0 Å². The van der Waals surface area contributed by atoms with Crippen LogP contribution in [0.25, 0.3) is 45.9 Å². The molecule has 1 aromatic carbocycles. The van der Waals surface area contributed by atoms with Gasteiger partial charge in [-0.2, -0.15) is 0 Å². The van der Waals surface area contributed by atoms with Crippen LogP contribution in [0.4, 0.5) is 0 Å². The fourth-order valence-electron chi connectivity index (χ4n) is 3.90. The molecule has 0 spiro atoms. The highest BCUT2D eigenvalue weighted by Crippen LogP contribution is 2.30. The second-order valence-electron chi connectivity index (χ2n) is 7.60. The van der Waals surface area contributed by atoms with Gasteiger partial charge < -0.3 is 9.97 Å². The first-order valence-electron chi connectivity index (χ1n) is 10.0. The molecule has 0 atom stereocenters. The Bertz CT molecular complexity index is 1550. The molecule has 0 amide bonds. The van der Waals surface area contributed by atoms with E-state index in [9.17, 15) is 0 Å². The highest BCUT2D eigenvalue weighted by atomic mass is 79.9. The Morgan fingerprint density at radius 2 is 1.26 bits per heavy atom. The molecule has 0 radical (unpaired) electrons. The second-order valence-corrected chi connectivity index (χ2v) is 8.52. The number of hydrogen-bond donors (Lipinski definition) is 2. The third kappa shape index (κ3) is 3.64. The average molecular weight is 465 g/mol. The third-order valence-electron chi connectivity index (χ3n) is 5.30. The summed E-state index contributed by atoms with van der Waals surface area (Å²) < 4.78 is 1.04. The van der Waals surface area contributed by atoms with Gasteiger partial charge in [-0.15, -0.1) is 0 Å². The minimum atomic E-state index is 0.889. The van der Waals surface area contributed by atoms with Crippen molar-refractivity contribution in [2.75, 3.05) is 0 Å². The molecule has 31 heavy (non-hydrogen) atoms. The van der Waals surface area contributed by atoms with Crippen LogP contribution in [0.15, 0.2) is 77.3 Å². The molecule has 6 rings (SSSR count). The van der Waals surface area contributed by atoms with Gasteiger partial charge in [-0.05, 0) is 84.5 Å². The summed E-state index contributed by atoms with van der Waals surface area (Å²) >= 11 is 3.59. The summed E-state index contributed by atoms with van der Waals surface area (Å²) in [6, 6.07) is 24.8. The first kappa shape index (κ1) is 18.1. The minimum Gasteiger partial charge on any atom is -0.355 e. The number of nitrogens with zero attached hydrogens (tertiary/aromatic N) is 2. The van der Waals surface area contributed by atoms with Gasteiger partial charge in [-0.3, -0.25) is 0 Å². The van der Waals surface area contributed by atoms with Gasteiger partial charge in [0.2, 0.25) is 0 Å². The number of aromatic amines is 2. The highest BCUT2D eigenvalue weighted by Gasteiger charge is 2.14. The predicted molar refractivity (Wildman–Crippen MR) is 131 cm³/mol. The van der Waals surface area contributed by atoms with Crippen LogP contribution in [0.3, 0.4) is 0 Å². The van der Waals surface area contributed by atoms with Crippen LogP contribution in [-0.4, -0.2) is 19.9 Å². The first-order chi connectivity index (χ1) is 15.2. The molecule has 2 N–H and O–H groups in total. The van der Waals surface area contributed by atoms with Crippen LogP contribution in [-0.2, 0) is 0 Å². The Kier molecular flexibility index (Phi) is 4.21. The van der Waals surface area contributed by atoms with Crippen molar-refractivity contribution in [1.29, 1.82) is 0 Å². The largest absolute Gasteiger partial charge is 0.355 e. The van der Waals surface area contributed by atoms with E-state index in [1.807, 2.05) is 36.4 Å². The van der Waals surface area contributed by atoms with E-state index >= 15 is 0 Å². The van der Waals surface area contributed by atoms with E-state index in [1.54, 1.807) is 0 Å². The standard InChI is InChI=1S/C26H17BrN4/c27-17-3-1-2-16(10-17)25-14-24-13-22-7-6-20(29-22)11-18-4-5-19(28-18)12-21-8-9-23(30-21)15-26(25)31-24/h1-15,28-29H. The Balaban J connectivity index is 1.64. The van der Waals surface area contributed by atoms with Crippen LogP contribution in [0.2, 0.25) is 0 Å². The number of aromatic nitrogens is 4. The Morgan fingerprint density at radius 1 is 0.613 bits per heavy atom. The van der Waals surface area contributed by atoms with Gasteiger partial charge in [-0.25, -0.2) is 9.97 Å². The molecule has 0 saturated heterocycles. The van der Waals surface area contributed by atoms with Crippen molar-refractivity contribution >= 4 is 61.8 Å². The molecule has 8 bridgehead atoms. The molecule has 0 unspecified atom stereocenters. The maximum atomic E-state index is 4.91. The molecule has 4 nitrogen and oxygen atoms in total. The lowest BCUT2D eigenvalue weighted by Crippen LogP contribution is -1.86. The van der Waals surface area contributed by atoms with E-state index < -0.39 is 0 Å². The SMILES string of the molecule is Brc1cccc(C2=Cc3cc4ccc(cc5ccc(cc6nc(cc2n3)C=C6)[nH]5)[nH]4)c1. The number of rotatable bonds is 1. The quantitative estimate of drug-likeness (QED) is 0.280. The summed E-state index contributed by atoms with van der Waals surface area (Å²) in [5.74, 6) is 0. The molecular formula is C26H17BrN4. The van der Waals surface area contributed by atoms with Crippen LogP contribution in [0.5, 0.6) is 0 Å². The zero-order valence-electron chi connectivity index (χ0n) is 16.4. The van der Waals surface area contributed by atoms with Crippen LogP contribution < -0.4 is 0 Å². The first-order valence-corrected chi connectivity index (χ1v) is 10.8. The van der Waals surface area contributed by atoms with Crippen molar-refractivity contribution in [3.8, 4) is 0 Å². The van der Waals surface area contributed by atoms with Crippen molar-refractivity contribution in [3.05, 3.63) is 106 Å². The number of nitrogens with one attached hydrogen (secondary N) is 2. The van der Waals surface area contributed by atoms with Gasteiger partial charge in [0, 0.05) is 32.1 Å². The molecule has 0 fully saturated rings. The number of H-pyrrole nitrogens is 2. The van der Waals surface area contributed by atoms with Gasteiger partial charge in [0.05, 0.1) is 22.8 Å². The van der Waals surface area contributed by atoms with Crippen LogP contribution in [0.1, 0.15) is 28.3 Å². The maximum Gasteiger partial charge on any atom is 0.0737 e. The fourth-order valence-corrected chi connectivity index (χ4v) is 4.30. The number of hydrogen-bond acceptors (Lipinski definition) is 2. The van der Waals surface area contributed by atoms with Crippen molar-refractivity contribution in [2.24, 2.45) is 0 Å². The summed E-state index contributed by atoms with van der Waals surface area (Å²) in [7, 11) is 0. The molecule has 2 aliphatic heterocycles. The van der Waals surface area contributed by atoms with E-state index in [-0.39, 0.29) is 0 Å². The second kappa shape index (κ2) is 7.22. The Labute approximate surface area is 187 Å². The van der Waals surface area contributed by atoms with Crippen LogP contribution >= 0.6 is 15.9 Å². The average Bonchev–Trinajstić information content (AvgIpc) is 3.53. The summed E-state index contributed by atoms with van der Waals surface area (Å²) in [6.45, 7) is 0. The van der Waals surface area contributed by atoms with Crippen molar-refractivity contribution in [1.82, 2.24) is 19.9 Å². The molecular weight excluding hydrogens is 448 g/mol. The van der Waals surface area contributed by atoms with E-state index in [0.29, 0.717) is 0 Å². The van der Waals surface area contributed by atoms with Gasteiger partial charge >= 0.3 is 0 Å². The normalized spacial score (nSPS) is 12.7. The van der Waals surface area contributed by atoms with Crippen molar-refractivity contribution in [3.63, 3.8) is 0 Å². The van der Waals surface area contributed by atoms with Gasteiger partial charge in [0.25, 0.3) is 0 Å². The van der Waals surface area contributed by atoms with Crippen molar-refractivity contribution < 1.29 is 0 Å². The molecule has 0 aliphatic carbocycles. The van der Waals surface area contributed by atoms with E-state index in [0.717, 1.165) is 60.5 Å². The summed E-state index contributed by atoms with van der Waals surface area (Å²) in [4.78, 5) is 16.5. The van der Waals surface area contributed by atoms with E-state index in [2.05, 4.69) is 80.5 Å². The minimum absolute atomic E-state index is 0.889. The fraction of sp³-hybridized carbons (Fsp3) is 0. The lowest BCUT2D eigenvalue weighted by atomic mass is 10.0. The topological polar surface area (TPSA) is 57.4 Å². The van der Waals surface area contributed by atoms with Gasteiger partial charge in [0.1, 0.15) is 0 Å². The lowest BCUT2D eigenvalue weighted by molar-refractivity contribution is 1.27. The Hall–Kier alpha value is -3.70. The maximum absolute atomic E-state index is 4.91. The third-order valence-corrected chi connectivity index (χ3v) is 5.79. The van der Waals surface area contributed by atoms with Crippen LogP contribution in [0, 0.1) is 0 Å².